The van der Waals surface area contributed by atoms with E-state index in [1.807, 2.05) is 11.1 Å². The van der Waals surface area contributed by atoms with Crippen molar-refractivity contribution in [2.75, 3.05) is 33.9 Å². The van der Waals surface area contributed by atoms with Crippen molar-refractivity contribution in [3.8, 4) is 11.3 Å². The maximum Gasteiger partial charge on any atom is 0.407 e. The molecule has 0 radical (unpaired) electrons. The molecule has 4 N–H and O–H groups in total. The van der Waals surface area contributed by atoms with Gasteiger partial charge in [0.15, 0.2) is 0 Å². The second-order valence-corrected chi connectivity index (χ2v) is 16.5. The van der Waals surface area contributed by atoms with Crippen LogP contribution in [0.4, 0.5) is 9.59 Å². The summed E-state index contributed by atoms with van der Waals surface area (Å²) in [5.74, 6) is 1.51. The number of nitrogens with one attached hydrogen (secondary N) is 4. The molecule has 8 rings (SSSR count). The van der Waals surface area contributed by atoms with Gasteiger partial charge < -0.3 is 39.9 Å². The van der Waals surface area contributed by atoms with Gasteiger partial charge in [-0.1, -0.05) is 62.4 Å². The first-order valence-electron chi connectivity index (χ1n) is 19.7. The van der Waals surface area contributed by atoms with Crippen molar-refractivity contribution in [2.24, 2.45) is 11.3 Å². The molecule has 3 fully saturated rings. The minimum Gasteiger partial charge on any atom is -0.453 e. The maximum atomic E-state index is 13.2. The Labute approximate surface area is 331 Å². The summed E-state index contributed by atoms with van der Waals surface area (Å²) in [6, 6.07) is 13.0. The highest BCUT2D eigenvalue weighted by molar-refractivity contribution is 5.88. The average Bonchev–Trinajstić information content (AvgIpc) is 3.77. The number of fused-ring (bicyclic) bond motifs is 3. The zero-order valence-electron chi connectivity index (χ0n) is 32.9. The Morgan fingerprint density at radius 3 is 2.39 bits per heavy atom. The lowest BCUT2D eigenvalue weighted by molar-refractivity contribution is -0.135. The van der Waals surface area contributed by atoms with Gasteiger partial charge >= 0.3 is 12.2 Å². The third-order valence-corrected chi connectivity index (χ3v) is 12.4. The number of carbonyl (C=O) groups is 4. The van der Waals surface area contributed by atoms with E-state index in [2.05, 4.69) is 104 Å². The van der Waals surface area contributed by atoms with Crippen molar-refractivity contribution in [3.63, 3.8) is 0 Å². The fraction of sp³-hybridized carbons (Fsp3) is 0.442. The largest absolute Gasteiger partial charge is 0.453 e. The third kappa shape index (κ3) is 7.90. The molecule has 14 nitrogen and oxygen atoms in total. The molecule has 0 spiro atoms. The first-order valence-corrected chi connectivity index (χ1v) is 19.7. The molecule has 3 heterocycles. The van der Waals surface area contributed by atoms with Gasteiger partial charge in [-0.3, -0.25) is 9.59 Å². The molecule has 2 bridgehead atoms. The fourth-order valence-corrected chi connectivity index (χ4v) is 8.72. The maximum absolute atomic E-state index is 13.2. The lowest BCUT2D eigenvalue weighted by atomic mass is 9.75. The van der Waals surface area contributed by atoms with Crippen LogP contribution in [0.5, 0.6) is 0 Å². The summed E-state index contributed by atoms with van der Waals surface area (Å²) in [5, 5.41) is 7.28. The number of ether oxygens (including phenoxy) is 2. The zero-order valence-corrected chi connectivity index (χ0v) is 32.9. The number of nitrogens with zero attached hydrogens (tertiary/aromatic N) is 4. The summed E-state index contributed by atoms with van der Waals surface area (Å²) in [4.78, 5) is 69.5. The number of rotatable bonds is 12. The lowest BCUT2D eigenvalue weighted by Crippen LogP contribution is -2.45. The van der Waals surface area contributed by atoms with Crippen LogP contribution in [0.15, 0.2) is 67.0 Å². The highest BCUT2D eigenvalue weighted by Gasteiger charge is 2.50. The van der Waals surface area contributed by atoms with Gasteiger partial charge in [-0.15, -0.1) is 0 Å². The number of likely N-dealkylation sites (tertiary alicyclic amines) is 1. The zero-order chi connectivity index (χ0) is 39.9. The molecule has 4 aromatic rings. The van der Waals surface area contributed by atoms with Crippen LogP contribution in [-0.2, 0) is 31.0 Å². The Kier molecular flexibility index (Phi) is 10.1. The molecule has 1 aliphatic heterocycles. The first-order chi connectivity index (χ1) is 27.4. The number of piperidine rings is 1. The number of H-pyrrole nitrogens is 2. The van der Waals surface area contributed by atoms with Gasteiger partial charge in [0.1, 0.15) is 24.7 Å². The number of amides is 4. The molecule has 4 atom stereocenters. The Morgan fingerprint density at radius 1 is 0.912 bits per heavy atom. The predicted octanol–water partition coefficient (Wildman–Crippen LogP) is 6.15. The van der Waals surface area contributed by atoms with Crippen molar-refractivity contribution in [3.05, 3.63) is 89.9 Å². The Balaban J connectivity index is 0.924. The standard InChI is InChI=1S/C43H50N8O6/c1-42(15-16-42)25-50(36(52)22-46-40(54)56-3)24-35-44-20-34(48-35)29-6-5-28-18-31(9-7-27(28)17-29)43(2)13-11-26(12-14-43)33-21-45-39(49-33)38-30-8-10-32(19-30)51(38)37(53)23-47-41(55)57-4/h5-7,9,11-13,17-18,20-21,30,32,38H,8,10,14-16,19,22-25H2,1-4H3,(H,44,48)(H,45,49)(H,46,54)(H,47,55)/t30-,32?,38-,43?/m0/s1. The predicted molar refractivity (Wildman–Crippen MR) is 213 cm³/mol. The molecule has 57 heavy (non-hydrogen) atoms. The Hall–Kier alpha value is -5.92. The Bertz CT molecular complexity index is 2270. The van der Waals surface area contributed by atoms with Crippen molar-refractivity contribution in [2.45, 2.75) is 76.4 Å². The number of alkyl carbamates (subject to hydrolysis) is 2. The van der Waals surface area contributed by atoms with Crippen molar-refractivity contribution in [1.29, 1.82) is 0 Å². The summed E-state index contributed by atoms with van der Waals surface area (Å²) in [5.41, 5.74) is 4.96. The van der Waals surface area contributed by atoms with Gasteiger partial charge in [0.05, 0.1) is 50.6 Å². The summed E-state index contributed by atoms with van der Waals surface area (Å²) in [6.07, 6.45) is 15.0. The second kappa shape index (κ2) is 15.2. The highest BCUT2D eigenvalue weighted by atomic mass is 16.5. The summed E-state index contributed by atoms with van der Waals surface area (Å²) in [7, 11) is 2.56. The average molecular weight is 775 g/mol. The molecule has 2 unspecified atom stereocenters. The van der Waals surface area contributed by atoms with Crippen molar-refractivity contribution in [1.82, 2.24) is 40.4 Å². The topological polar surface area (TPSA) is 175 Å². The molecule has 1 saturated heterocycles. The molecule has 2 saturated carbocycles. The minimum absolute atomic E-state index is 0.0930. The lowest BCUT2D eigenvalue weighted by Gasteiger charge is -2.34. The Morgan fingerprint density at radius 2 is 1.65 bits per heavy atom. The number of carbonyl (C=O) groups excluding carboxylic acids is 4. The molecule has 2 aromatic heterocycles. The van der Waals surface area contributed by atoms with Gasteiger partial charge in [-0.2, -0.15) is 0 Å². The van der Waals surface area contributed by atoms with Gasteiger partial charge in [0.25, 0.3) is 0 Å². The van der Waals surface area contributed by atoms with E-state index >= 15 is 0 Å². The number of aromatic amines is 2. The van der Waals surface area contributed by atoms with E-state index < -0.39 is 12.2 Å². The van der Waals surface area contributed by atoms with E-state index in [-0.39, 0.29) is 47.8 Å². The molecule has 2 aromatic carbocycles. The van der Waals surface area contributed by atoms with Crippen LogP contribution in [0.2, 0.25) is 0 Å². The number of benzene rings is 2. The van der Waals surface area contributed by atoms with Gasteiger partial charge in [0, 0.05) is 23.6 Å². The number of allylic oxidation sites excluding steroid dienone is 4. The number of imidazole rings is 2. The van der Waals surface area contributed by atoms with Crippen LogP contribution in [0.3, 0.4) is 0 Å². The quantitative estimate of drug-likeness (QED) is 0.133. The van der Waals surface area contributed by atoms with E-state index in [1.54, 1.807) is 11.1 Å². The number of aromatic nitrogens is 4. The minimum atomic E-state index is -0.635. The third-order valence-electron chi connectivity index (χ3n) is 12.4. The SMILES string of the molecule is COC(=O)NCC(=O)N(Cc1ncc(-c2ccc3cc(C4(C)C=CC(c5cnc([C@@H]6[C@H]7CCC(C7)N6C(=O)CNC(=O)OC)[nH]5)=CC4)ccc3c2)[nH]1)CC1(C)CC1. The second-order valence-electron chi connectivity index (χ2n) is 16.5. The highest BCUT2D eigenvalue weighted by Crippen LogP contribution is 2.50. The monoisotopic (exact) mass is 774 g/mol. The molecule has 298 valence electrons. The van der Waals surface area contributed by atoms with Crippen LogP contribution in [-0.4, -0.2) is 93.6 Å². The first kappa shape index (κ1) is 38.0. The van der Waals surface area contributed by atoms with Crippen molar-refractivity contribution < 1.29 is 28.7 Å². The van der Waals surface area contributed by atoms with E-state index in [1.165, 1.54) is 19.8 Å². The van der Waals surface area contributed by atoms with E-state index in [0.29, 0.717) is 24.8 Å². The normalized spacial score (nSPS) is 22.9. The van der Waals surface area contributed by atoms with Crippen LogP contribution in [0, 0.1) is 11.3 Å². The number of hydrogen-bond acceptors (Lipinski definition) is 8. The van der Waals surface area contributed by atoms with E-state index in [0.717, 1.165) is 77.6 Å². The molecule has 3 aliphatic carbocycles. The molecular formula is C43H50N8O6. The van der Waals surface area contributed by atoms with E-state index in [9.17, 15) is 19.2 Å². The molecule has 14 heteroatoms. The van der Waals surface area contributed by atoms with Crippen LogP contribution >= 0.6 is 0 Å². The van der Waals surface area contributed by atoms with E-state index in [4.69, 9.17) is 4.98 Å². The van der Waals surface area contributed by atoms with Gasteiger partial charge in [-0.25, -0.2) is 19.6 Å². The van der Waals surface area contributed by atoms with Crippen LogP contribution in [0.25, 0.3) is 27.6 Å². The van der Waals surface area contributed by atoms with Gasteiger partial charge in [0.2, 0.25) is 11.8 Å². The molecular weight excluding hydrogens is 725 g/mol. The smallest absolute Gasteiger partial charge is 0.407 e. The van der Waals surface area contributed by atoms with Gasteiger partial charge in [-0.05, 0) is 77.8 Å². The van der Waals surface area contributed by atoms with Crippen LogP contribution < -0.4 is 10.6 Å². The van der Waals surface area contributed by atoms with Crippen molar-refractivity contribution >= 4 is 40.3 Å². The molecule has 4 amide bonds. The number of hydrogen-bond donors (Lipinski definition) is 4. The molecule has 4 aliphatic rings. The van der Waals surface area contributed by atoms with Crippen LogP contribution in [0.1, 0.15) is 81.3 Å². The summed E-state index contributed by atoms with van der Waals surface area (Å²) >= 11 is 0. The number of methoxy groups -OCH3 is 2. The summed E-state index contributed by atoms with van der Waals surface area (Å²) < 4.78 is 9.28. The summed E-state index contributed by atoms with van der Waals surface area (Å²) in [6.45, 7) is 5.10. The fourth-order valence-electron chi connectivity index (χ4n) is 8.72.